The predicted octanol–water partition coefficient (Wildman–Crippen LogP) is 2.98. The number of rotatable bonds is 2. The molecule has 0 unspecified atom stereocenters. The van der Waals surface area contributed by atoms with Crippen LogP contribution in [-0.4, -0.2) is 14.5 Å². The van der Waals surface area contributed by atoms with Gasteiger partial charge in [0.2, 0.25) is 0 Å². The predicted molar refractivity (Wildman–Crippen MR) is 60.2 cm³/mol. The van der Waals surface area contributed by atoms with Crippen molar-refractivity contribution in [2.45, 2.75) is 32.2 Å². The minimum atomic E-state index is 0.624. The first-order valence-corrected chi connectivity index (χ1v) is 5.69. The Labute approximate surface area is 93.1 Å². The lowest BCUT2D eigenvalue weighted by Crippen LogP contribution is -2.00. The Morgan fingerprint density at radius 3 is 3.00 bits per heavy atom. The SMILES string of the molecule is CCc1nc2cc(Cl)cnc2n1C1CC1. The average Bonchev–Trinajstić information content (AvgIpc) is 2.99. The van der Waals surface area contributed by atoms with Crippen molar-refractivity contribution in [2.24, 2.45) is 0 Å². The number of hydrogen-bond donors (Lipinski definition) is 0. The van der Waals surface area contributed by atoms with Crippen LogP contribution in [0.3, 0.4) is 0 Å². The molecule has 15 heavy (non-hydrogen) atoms. The van der Waals surface area contributed by atoms with E-state index in [9.17, 15) is 0 Å². The summed E-state index contributed by atoms with van der Waals surface area (Å²) in [5.74, 6) is 1.13. The molecule has 0 aromatic carbocycles. The van der Waals surface area contributed by atoms with Crippen LogP contribution >= 0.6 is 11.6 Å². The molecular formula is C11H12ClN3. The normalized spacial score (nSPS) is 16.1. The number of fused-ring (bicyclic) bond motifs is 1. The van der Waals surface area contributed by atoms with Crippen LogP contribution in [0.4, 0.5) is 0 Å². The van der Waals surface area contributed by atoms with Crippen LogP contribution in [0.1, 0.15) is 31.6 Å². The molecule has 1 aliphatic carbocycles. The second-order valence-corrected chi connectivity index (χ2v) is 4.42. The molecule has 78 valence electrons. The molecule has 4 heteroatoms. The van der Waals surface area contributed by atoms with Crippen LogP contribution in [0.25, 0.3) is 11.2 Å². The maximum atomic E-state index is 5.91. The van der Waals surface area contributed by atoms with E-state index in [-0.39, 0.29) is 0 Å². The van der Waals surface area contributed by atoms with Gasteiger partial charge in [-0.15, -0.1) is 0 Å². The van der Waals surface area contributed by atoms with E-state index in [2.05, 4.69) is 21.5 Å². The van der Waals surface area contributed by atoms with Gasteiger partial charge in [0.05, 0.1) is 5.02 Å². The monoisotopic (exact) mass is 221 g/mol. The highest BCUT2D eigenvalue weighted by Crippen LogP contribution is 2.38. The smallest absolute Gasteiger partial charge is 0.160 e. The van der Waals surface area contributed by atoms with Crippen molar-refractivity contribution >= 4 is 22.8 Å². The first-order valence-electron chi connectivity index (χ1n) is 5.32. The zero-order valence-corrected chi connectivity index (χ0v) is 9.33. The van der Waals surface area contributed by atoms with Gasteiger partial charge in [-0.25, -0.2) is 9.97 Å². The van der Waals surface area contributed by atoms with Crippen molar-refractivity contribution in [3.05, 3.63) is 23.1 Å². The summed E-state index contributed by atoms with van der Waals surface area (Å²) in [7, 11) is 0. The van der Waals surface area contributed by atoms with Gasteiger partial charge in [-0.1, -0.05) is 18.5 Å². The first kappa shape index (κ1) is 9.16. The zero-order valence-electron chi connectivity index (χ0n) is 8.57. The fourth-order valence-corrected chi connectivity index (χ4v) is 2.12. The van der Waals surface area contributed by atoms with Gasteiger partial charge in [-0.3, -0.25) is 0 Å². The van der Waals surface area contributed by atoms with E-state index in [1.54, 1.807) is 6.20 Å². The molecule has 3 rings (SSSR count). The van der Waals surface area contributed by atoms with Gasteiger partial charge in [0.25, 0.3) is 0 Å². The average molecular weight is 222 g/mol. The van der Waals surface area contributed by atoms with Crippen molar-refractivity contribution in [3.8, 4) is 0 Å². The quantitative estimate of drug-likeness (QED) is 0.781. The largest absolute Gasteiger partial charge is 0.310 e. The van der Waals surface area contributed by atoms with E-state index in [0.29, 0.717) is 11.1 Å². The molecule has 0 aliphatic heterocycles. The molecule has 0 spiro atoms. The van der Waals surface area contributed by atoms with Crippen LogP contribution in [0, 0.1) is 0 Å². The van der Waals surface area contributed by atoms with E-state index < -0.39 is 0 Å². The maximum Gasteiger partial charge on any atom is 0.160 e. The summed E-state index contributed by atoms with van der Waals surface area (Å²) in [6, 6.07) is 2.51. The fourth-order valence-electron chi connectivity index (χ4n) is 1.97. The van der Waals surface area contributed by atoms with E-state index >= 15 is 0 Å². The van der Waals surface area contributed by atoms with E-state index in [0.717, 1.165) is 23.4 Å². The Hall–Kier alpha value is -1.09. The third kappa shape index (κ3) is 1.42. The number of aryl methyl sites for hydroxylation is 1. The number of imidazole rings is 1. The second-order valence-electron chi connectivity index (χ2n) is 3.98. The molecule has 2 heterocycles. The van der Waals surface area contributed by atoms with Gasteiger partial charge < -0.3 is 4.57 Å². The van der Waals surface area contributed by atoms with Gasteiger partial charge in [-0.05, 0) is 18.9 Å². The van der Waals surface area contributed by atoms with Crippen molar-refractivity contribution in [1.82, 2.24) is 14.5 Å². The molecule has 1 fully saturated rings. The summed E-state index contributed by atoms with van der Waals surface area (Å²) < 4.78 is 2.27. The number of pyridine rings is 1. The topological polar surface area (TPSA) is 30.7 Å². The third-order valence-corrected chi connectivity index (χ3v) is 3.00. The fraction of sp³-hybridized carbons (Fsp3) is 0.455. The lowest BCUT2D eigenvalue weighted by molar-refractivity contribution is 0.702. The molecule has 1 saturated carbocycles. The summed E-state index contributed by atoms with van der Waals surface area (Å²) in [5, 5.41) is 0.658. The lowest BCUT2D eigenvalue weighted by Gasteiger charge is -2.03. The number of hydrogen-bond acceptors (Lipinski definition) is 2. The maximum absolute atomic E-state index is 5.91. The molecule has 1 aliphatic rings. The summed E-state index contributed by atoms with van der Waals surface area (Å²) >= 11 is 5.91. The van der Waals surface area contributed by atoms with E-state index in [1.807, 2.05) is 6.07 Å². The van der Waals surface area contributed by atoms with Crippen LogP contribution in [0.2, 0.25) is 5.02 Å². The van der Waals surface area contributed by atoms with Gasteiger partial charge in [0.15, 0.2) is 5.65 Å². The summed E-state index contributed by atoms with van der Waals surface area (Å²) in [4.78, 5) is 8.95. The lowest BCUT2D eigenvalue weighted by atomic mass is 10.4. The minimum absolute atomic E-state index is 0.624. The minimum Gasteiger partial charge on any atom is -0.310 e. The van der Waals surface area contributed by atoms with Crippen LogP contribution in [0.5, 0.6) is 0 Å². The van der Waals surface area contributed by atoms with E-state index in [4.69, 9.17) is 11.6 Å². The highest BCUT2D eigenvalue weighted by atomic mass is 35.5. The van der Waals surface area contributed by atoms with Gasteiger partial charge >= 0.3 is 0 Å². The van der Waals surface area contributed by atoms with Crippen molar-refractivity contribution in [3.63, 3.8) is 0 Å². The summed E-state index contributed by atoms with van der Waals surface area (Å²) in [6.45, 7) is 2.13. The summed E-state index contributed by atoms with van der Waals surface area (Å²) in [6.07, 6.45) is 5.15. The standard InChI is InChI=1S/C11H12ClN3/c1-2-10-14-9-5-7(12)6-13-11(9)15(10)8-3-4-8/h5-6,8H,2-4H2,1H3. The Morgan fingerprint density at radius 1 is 1.53 bits per heavy atom. The second kappa shape index (κ2) is 3.20. The molecule has 0 N–H and O–H groups in total. The molecule has 0 saturated heterocycles. The van der Waals surface area contributed by atoms with Gasteiger partial charge in [-0.2, -0.15) is 0 Å². The highest BCUT2D eigenvalue weighted by Gasteiger charge is 2.28. The Kier molecular flexibility index (Phi) is 1.96. The number of nitrogens with zero attached hydrogens (tertiary/aromatic N) is 3. The van der Waals surface area contributed by atoms with Crippen LogP contribution in [-0.2, 0) is 6.42 Å². The molecule has 0 bridgehead atoms. The van der Waals surface area contributed by atoms with Crippen LogP contribution in [0.15, 0.2) is 12.3 Å². The molecule has 2 aromatic rings. The number of halogens is 1. The zero-order chi connectivity index (χ0) is 10.4. The van der Waals surface area contributed by atoms with Gasteiger partial charge in [0, 0.05) is 18.7 Å². The van der Waals surface area contributed by atoms with Crippen molar-refractivity contribution in [2.75, 3.05) is 0 Å². The molecule has 0 amide bonds. The Bertz CT molecular complexity index is 514. The Balaban J connectivity index is 2.28. The Morgan fingerprint density at radius 2 is 2.33 bits per heavy atom. The molecule has 0 radical (unpaired) electrons. The molecule has 2 aromatic heterocycles. The third-order valence-electron chi connectivity index (χ3n) is 2.80. The first-order chi connectivity index (χ1) is 7.29. The highest BCUT2D eigenvalue weighted by molar-refractivity contribution is 6.31. The molecule has 3 nitrogen and oxygen atoms in total. The van der Waals surface area contributed by atoms with Crippen molar-refractivity contribution in [1.29, 1.82) is 0 Å². The molecular weight excluding hydrogens is 210 g/mol. The van der Waals surface area contributed by atoms with Crippen molar-refractivity contribution < 1.29 is 0 Å². The van der Waals surface area contributed by atoms with Gasteiger partial charge in [0.1, 0.15) is 11.3 Å². The number of aromatic nitrogens is 3. The summed E-state index contributed by atoms with van der Waals surface area (Å²) in [5.41, 5.74) is 1.91. The van der Waals surface area contributed by atoms with E-state index in [1.165, 1.54) is 12.8 Å². The molecule has 0 atom stereocenters. The van der Waals surface area contributed by atoms with Crippen LogP contribution < -0.4 is 0 Å².